The Balaban J connectivity index is 2.01. The molecule has 0 bridgehead atoms. The number of carboxylic acids is 1. The number of ketones is 1. The molecule has 0 fully saturated rings. The van der Waals surface area contributed by atoms with E-state index in [-0.39, 0.29) is 32.4 Å². The molecule has 0 unspecified atom stereocenters. The van der Waals surface area contributed by atoms with Crippen LogP contribution >= 0.6 is 23.2 Å². The van der Waals surface area contributed by atoms with Crippen LogP contribution in [0.25, 0.3) is 16.6 Å². The lowest BCUT2D eigenvalue weighted by Gasteiger charge is -2.10. The first-order valence-corrected chi connectivity index (χ1v) is 9.79. The molecule has 0 aliphatic heterocycles. The van der Waals surface area contributed by atoms with Gasteiger partial charge in [0.2, 0.25) is 5.78 Å². The first-order chi connectivity index (χ1) is 14.7. The van der Waals surface area contributed by atoms with Crippen molar-refractivity contribution in [3.8, 4) is 11.1 Å². The van der Waals surface area contributed by atoms with Crippen molar-refractivity contribution in [2.45, 2.75) is 6.92 Å². The molecule has 2 heterocycles. The van der Waals surface area contributed by atoms with E-state index < -0.39 is 34.5 Å². The number of nitrogens with zero attached hydrogens (tertiary/aromatic N) is 1. The van der Waals surface area contributed by atoms with E-state index in [9.17, 15) is 19.1 Å². The first kappa shape index (κ1) is 21.0. The van der Waals surface area contributed by atoms with E-state index in [1.165, 1.54) is 29.5 Å². The SMILES string of the molecule is Cc1c(C(=O)O)cc(F)c(-c2cc(C(=O)c3c(Cl)cccc3Cl)n3ccccc23)c1F. The molecule has 31 heavy (non-hydrogen) atoms. The molecule has 0 saturated heterocycles. The van der Waals surface area contributed by atoms with Crippen LogP contribution in [0.2, 0.25) is 10.0 Å². The first-order valence-electron chi connectivity index (χ1n) is 9.03. The van der Waals surface area contributed by atoms with Crippen LogP contribution in [0.5, 0.6) is 0 Å². The van der Waals surface area contributed by atoms with Crippen LogP contribution in [0.3, 0.4) is 0 Å². The lowest BCUT2D eigenvalue weighted by atomic mass is 9.98. The Bertz CT molecular complexity index is 1380. The largest absolute Gasteiger partial charge is 0.478 e. The minimum atomic E-state index is -1.44. The highest BCUT2D eigenvalue weighted by molar-refractivity contribution is 6.41. The summed E-state index contributed by atoms with van der Waals surface area (Å²) in [6, 6.07) is 11.7. The van der Waals surface area contributed by atoms with Crippen LogP contribution in [-0.2, 0) is 0 Å². The maximum Gasteiger partial charge on any atom is 0.336 e. The van der Waals surface area contributed by atoms with Gasteiger partial charge in [-0.2, -0.15) is 0 Å². The van der Waals surface area contributed by atoms with Gasteiger partial charge in [-0.25, -0.2) is 13.6 Å². The van der Waals surface area contributed by atoms with Crippen LogP contribution in [0, 0.1) is 18.6 Å². The second kappa shape index (κ2) is 7.80. The van der Waals surface area contributed by atoms with Gasteiger partial charge >= 0.3 is 5.97 Å². The molecule has 4 rings (SSSR count). The monoisotopic (exact) mass is 459 g/mol. The summed E-state index contributed by atoms with van der Waals surface area (Å²) in [6.45, 7) is 1.26. The molecule has 0 atom stereocenters. The zero-order valence-electron chi connectivity index (χ0n) is 15.9. The third-order valence-electron chi connectivity index (χ3n) is 5.06. The van der Waals surface area contributed by atoms with E-state index >= 15 is 4.39 Å². The van der Waals surface area contributed by atoms with Crippen LogP contribution < -0.4 is 0 Å². The van der Waals surface area contributed by atoms with Gasteiger partial charge in [-0.3, -0.25) is 4.79 Å². The normalized spacial score (nSPS) is 11.1. The summed E-state index contributed by atoms with van der Waals surface area (Å²) in [7, 11) is 0. The fourth-order valence-electron chi connectivity index (χ4n) is 3.56. The lowest BCUT2D eigenvalue weighted by molar-refractivity contribution is 0.0694. The number of carboxylic acid groups (broad SMARTS) is 1. The highest BCUT2D eigenvalue weighted by atomic mass is 35.5. The summed E-state index contributed by atoms with van der Waals surface area (Å²) in [5.74, 6) is -4.02. The highest BCUT2D eigenvalue weighted by Gasteiger charge is 2.26. The molecule has 4 aromatic rings. The molecule has 2 aromatic carbocycles. The molecule has 4 nitrogen and oxygen atoms in total. The standard InChI is InChI=1S/C23H13Cl2F2NO3/c1-11-12(23(30)31)9-16(26)19(21(11)27)13-10-18(28-8-3-2-7-17(13)28)22(29)20-14(24)5-4-6-15(20)25/h2-10H,1H3,(H,30,31). The van der Waals surface area contributed by atoms with Crippen molar-refractivity contribution >= 4 is 40.5 Å². The van der Waals surface area contributed by atoms with Crippen molar-refractivity contribution in [3.05, 3.63) is 98.8 Å². The molecular weight excluding hydrogens is 447 g/mol. The Labute approximate surface area is 185 Å². The Kier molecular flexibility index (Phi) is 5.29. The molecule has 1 N–H and O–H groups in total. The molecule has 0 aliphatic carbocycles. The third kappa shape index (κ3) is 3.38. The lowest BCUT2D eigenvalue weighted by Crippen LogP contribution is -2.06. The number of aromatic carboxylic acids is 1. The van der Waals surface area contributed by atoms with Gasteiger partial charge in [0.15, 0.2) is 0 Å². The number of rotatable bonds is 4. The topological polar surface area (TPSA) is 58.8 Å². The van der Waals surface area contributed by atoms with Crippen LogP contribution in [0.4, 0.5) is 8.78 Å². The van der Waals surface area contributed by atoms with Gasteiger partial charge in [-0.05, 0) is 43.3 Å². The van der Waals surface area contributed by atoms with E-state index in [4.69, 9.17) is 23.2 Å². The van der Waals surface area contributed by atoms with Gasteiger partial charge in [-0.1, -0.05) is 35.3 Å². The quantitative estimate of drug-likeness (QED) is 0.357. The molecular formula is C23H13Cl2F2NO3. The molecule has 0 spiro atoms. The number of carbonyl (C=O) groups is 2. The van der Waals surface area contributed by atoms with Crippen molar-refractivity contribution in [1.82, 2.24) is 4.40 Å². The van der Waals surface area contributed by atoms with E-state index in [0.29, 0.717) is 5.52 Å². The zero-order chi connectivity index (χ0) is 22.4. The van der Waals surface area contributed by atoms with Gasteiger partial charge in [-0.15, -0.1) is 0 Å². The number of benzene rings is 2. The number of hydrogen-bond donors (Lipinski definition) is 1. The zero-order valence-corrected chi connectivity index (χ0v) is 17.4. The van der Waals surface area contributed by atoms with Crippen molar-refractivity contribution in [1.29, 1.82) is 0 Å². The second-order valence-electron chi connectivity index (χ2n) is 6.85. The Morgan fingerprint density at radius 2 is 1.68 bits per heavy atom. The smallest absolute Gasteiger partial charge is 0.336 e. The number of carbonyl (C=O) groups excluding carboxylic acids is 1. The predicted octanol–water partition coefficient (Wildman–Crippen LogP) is 6.43. The number of pyridine rings is 1. The summed E-state index contributed by atoms with van der Waals surface area (Å²) in [5.41, 5.74) is -0.479. The van der Waals surface area contributed by atoms with Crippen molar-refractivity contribution in [2.24, 2.45) is 0 Å². The Morgan fingerprint density at radius 1 is 1.00 bits per heavy atom. The summed E-state index contributed by atoms with van der Waals surface area (Å²) in [6.07, 6.45) is 1.57. The maximum atomic E-state index is 15.1. The average Bonchev–Trinajstić information content (AvgIpc) is 3.10. The summed E-state index contributed by atoms with van der Waals surface area (Å²) >= 11 is 12.4. The Hall–Kier alpha value is -3.22. The van der Waals surface area contributed by atoms with Crippen LogP contribution in [0.15, 0.2) is 54.7 Å². The maximum absolute atomic E-state index is 15.1. The molecule has 0 saturated carbocycles. The fraction of sp³-hybridized carbons (Fsp3) is 0.0435. The second-order valence-corrected chi connectivity index (χ2v) is 7.66. The molecule has 0 aliphatic rings. The van der Waals surface area contributed by atoms with E-state index in [1.807, 2.05) is 0 Å². The summed E-state index contributed by atoms with van der Waals surface area (Å²) in [5, 5.41) is 9.48. The minimum absolute atomic E-state index is 0.0685. The molecule has 0 radical (unpaired) electrons. The highest BCUT2D eigenvalue weighted by Crippen LogP contribution is 2.36. The summed E-state index contributed by atoms with van der Waals surface area (Å²) in [4.78, 5) is 24.6. The fourth-order valence-corrected chi connectivity index (χ4v) is 4.13. The van der Waals surface area contributed by atoms with Crippen molar-refractivity contribution < 1.29 is 23.5 Å². The van der Waals surface area contributed by atoms with Gasteiger partial charge in [0.1, 0.15) is 11.6 Å². The van der Waals surface area contributed by atoms with Crippen LogP contribution in [0.1, 0.15) is 32.0 Å². The summed E-state index contributed by atoms with van der Waals surface area (Å²) < 4.78 is 31.5. The van der Waals surface area contributed by atoms with E-state index in [1.54, 1.807) is 30.5 Å². The van der Waals surface area contributed by atoms with Crippen LogP contribution in [-0.4, -0.2) is 21.3 Å². The number of aromatic nitrogens is 1. The van der Waals surface area contributed by atoms with Crippen molar-refractivity contribution in [2.75, 3.05) is 0 Å². The molecule has 156 valence electrons. The average molecular weight is 460 g/mol. The predicted molar refractivity (Wildman–Crippen MR) is 114 cm³/mol. The number of halogens is 4. The number of fused-ring (bicyclic) bond motifs is 1. The van der Waals surface area contributed by atoms with Gasteiger partial charge in [0.05, 0.1) is 37.9 Å². The molecule has 2 aromatic heterocycles. The molecule has 8 heteroatoms. The number of hydrogen-bond acceptors (Lipinski definition) is 2. The van der Waals surface area contributed by atoms with Gasteiger partial charge in [0.25, 0.3) is 0 Å². The van der Waals surface area contributed by atoms with Gasteiger partial charge < -0.3 is 9.51 Å². The van der Waals surface area contributed by atoms with E-state index in [0.717, 1.165) is 6.07 Å². The molecule has 0 amide bonds. The van der Waals surface area contributed by atoms with E-state index in [2.05, 4.69) is 0 Å². The van der Waals surface area contributed by atoms with Gasteiger partial charge in [0, 0.05) is 17.3 Å². The Morgan fingerprint density at radius 3 is 2.32 bits per heavy atom. The minimum Gasteiger partial charge on any atom is -0.478 e. The third-order valence-corrected chi connectivity index (χ3v) is 5.69. The van der Waals surface area contributed by atoms with Crippen molar-refractivity contribution in [3.63, 3.8) is 0 Å².